The third-order valence-electron chi connectivity index (χ3n) is 7.97. The molecule has 272 valence electrons. The third kappa shape index (κ3) is 11.4. The number of amides is 4. The van der Waals surface area contributed by atoms with E-state index in [0.29, 0.717) is 21.6 Å². The highest BCUT2D eigenvalue weighted by atomic mass is 32.1. The van der Waals surface area contributed by atoms with E-state index in [4.69, 9.17) is 14.2 Å². The summed E-state index contributed by atoms with van der Waals surface area (Å²) in [5, 5.41) is 3.71. The Hall–Kier alpha value is -5.17. The van der Waals surface area contributed by atoms with Gasteiger partial charge in [-0.15, -0.1) is 0 Å². The van der Waals surface area contributed by atoms with Gasteiger partial charge in [-0.1, -0.05) is 105 Å². The van der Waals surface area contributed by atoms with Crippen LogP contribution in [0.2, 0.25) is 0 Å². The predicted octanol–water partition coefficient (Wildman–Crippen LogP) is 5.04. The van der Waals surface area contributed by atoms with Gasteiger partial charge in [-0.25, -0.2) is 14.5 Å². The molecule has 0 fully saturated rings. The highest BCUT2D eigenvalue weighted by molar-refractivity contribution is 7.81. The Bertz CT molecular complexity index is 1620. The lowest BCUT2D eigenvalue weighted by atomic mass is 9.78. The first-order chi connectivity index (χ1) is 24.4. The van der Waals surface area contributed by atoms with Crippen molar-refractivity contribution in [1.29, 1.82) is 0 Å². The average molecular weight is 720 g/mol. The van der Waals surface area contributed by atoms with E-state index in [1.165, 1.54) is 14.2 Å². The van der Waals surface area contributed by atoms with Crippen LogP contribution in [0.25, 0.3) is 0 Å². The smallest absolute Gasteiger partial charge is 0.418 e. The maximum Gasteiger partial charge on any atom is 0.418 e. The molecule has 3 aromatic rings. The minimum Gasteiger partial charge on any atom is -0.469 e. The number of methoxy groups -OCH3 is 1. The number of alkyl carbamates (subject to hydrolysis) is 1. The number of hydrogen-bond donors (Lipinski definition) is 3. The van der Waals surface area contributed by atoms with Gasteiger partial charge in [-0.2, -0.15) is 12.6 Å². The predicted molar refractivity (Wildman–Crippen MR) is 192 cm³/mol. The van der Waals surface area contributed by atoms with E-state index in [2.05, 4.69) is 23.3 Å². The number of ketones is 1. The molecule has 0 aromatic heterocycles. The first-order valence-corrected chi connectivity index (χ1v) is 17.0. The van der Waals surface area contributed by atoms with Crippen LogP contribution in [0, 0.1) is 5.92 Å². The molecule has 0 aliphatic heterocycles. The minimum atomic E-state index is -2.61. The topological polar surface area (TPSA) is 157 Å². The van der Waals surface area contributed by atoms with E-state index in [0.717, 1.165) is 0 Å². The number of rotatable bonds is 17. The van der Waals surface area contributed by atoms with Gasteiger partial charge in [0.05, 0.1) is 18.4 Å². The lowest BCUT2D eigenvalue weighted by molar-refractivity contribution is -0.154. The molecule has 0 saturated carbocycles. The van der Waals surface area contributed by atoms with Crippen LogP contribution in [-0.2, 0) is 53.0 Å². The van der Waals surface area contributed by atoms with Crippen LogP contribution < -0.4 is 10.6 Å². The molecule has 0 bridgehead atoms. The van der Waals surface area contributed by atoms with E-state index < -0.39 is 59.0 Å². The van der Waals surface area contributed by atoms with Gasteiger partial charge in [-0.05, 0) is 35.4 Å². The molecule has 13 heteroatoms. The Morgan fingerprint density at radius 1 is 0.784 bits per heavy atom. The normalized spacial score (nSPS) is 13.1. The first kappa shape index (κ1) is 40.3. The number of imide groups is 1. The first-order valence-electron chi connectivity index (χ1n) is 16.5. The van der Waals surface area contributed by atoms with Crippen molar-refractivity contribution in [2.24, 2.45) is 5.92 Å². The molecule has 0 aliphatic carbocycles. The van der Waals surface area contributed by atoms with Crippen LogP contribution >= 0.6 is 12.6 Å². The van der Waals surface area contributed by atoms with Crippen molar-refractivity contribution >= 4 is 48.4 Å². The van der Waals surface area contributed by atoms with Gasteiger partial charge in [0.15, 0.2) is 11.3 Å². The van der Waals surface area contributed by atoms with Gasteiger partial charge < -0.3 is 24.8 Å². The highest BCUT2D eigenvalue weighted by Crippen LogP contribution is 2.30. The van der Waals surface area contributed by atoms with Crippen molar-refractivity contribution in [2.75, 3.05) is 14.2 Å². The van der Waals surface area contributed by atoms with E-state index >= 15 is 4.79 Å². The van der Waals surface area contributed by atoms with Crippen LogP contribution in [-0.4, -0.2) is 71.6 Å². The number of ether oxygens (including phenoxy) is 3. The molecule has 1 unspecified atom stereocenters. The number of esters is 1. The van der Waals surface area contributed by atoms with E-state index in [-0.39, 0.29) is 38.4 Å². The number of thiol groups is 1. The number of carbonyl (C=O) groups is 6. The number of carbonyl (C=O) groups excluding carboxylic acids is 6. The highest BCUT2D eigenvalue weighted by Gasteiger charge is 2.58. The summed E-state index contributed by atoms with van der Waals surface area (Å²) in [5.74, 6) is -3.88. The Morgan fingerprint density at radius 3 is 1.78 bits per heavy atom. The summed E-state index contributed by atoms with van der Waals surface area (Å²) in [7, 11) is 2.45. The molecule has 3 rings (SSSR count). The summed E-state index contributed by atoms with van der Waals surface area (Å²) in [6, 6.07) is 24.5. The standard InChI is InChI=1S/C38H45N3O9S/c1-26(2)22-30(40-36(46)49-24-28-16-10-6-11-17-28)33(43)38(35(45)39-3,23-27-14-8-5-9-15-27)41(34(44)31(51)20-21-32(42)48-4)37(47)50-25-29-18-12-7-13-19-29/h5-19,26,30-31,51H,20-25H2,1-4H3,(H,39,45)(H,40,46)/t30-,31?,38+/m0/s1. The lowest BCUT2D eigenvalue weighted by Gasteiger charge is -2.42. The fourth-order valence-corrected chi connectivity index (χ4v) is 5.66. The van der Waals surface area contributed by atoms with Gasteiger partial charge in [0.1, 0.15) is 13.2 Å². The van der Waals surface area contributed by atoms with Crippen LogP contribution in [0.15, 0.2) is 91.0 Å². The van der Waals surface area contributed by atoms with Crippen LogP contribution in [0.1, 0.15) is 49.8 Å². The van der Waals surface area contributed by atoms with Crippen molar-refractivity contribution in [3.8, 4) is 0 Å². The number of Topliss-reactive ketones (excluding diaryl/α,β-unsaturated/α-hetero) is 1. The fraction of sp³-hybridized carbons (Fsp3) is 0.368. The van der Waals surface area contributed by atoms with E-state index in [1.807, 2.05) is 19.9 Å². The van der Waals surface area contributed by atoms with Crippen molar-refractivity contribution in [3.05, 3.63) is 108 Å². The minimum absolute atomic E-state index is 0.0144. The number of nitrogens with one attached hydrogen (secondary N) is 2. The summed E-state index contributed by atoms with van der Waals surface area (Å²) in [6.45, 7) is 3.22. The van der Waals surface area contributed by atoms with Gasteiger partial charge in [0, 0.05) is 19.9 Å². The molecular weight excluding hydrogens is 674 g/mol. The van der Waals surface area contributed by atoms with Crippen LogP contribution in [0.5, 0.6) is 0 Å². The molecule has 0 saturated heterocycles. The molecule has 0 heterocycles. The largest absolute Gasteiger partial charge is 0.469 e. The monoisotopic (exact) mass is 719 g/mol. The van der Waals surface area contributed by atoms with Gasteiger partial charge >= 0.3 is 18.2 Å². The van der Waals surface area contributed by atoms with E-state index in [9.17, 15) is 24.0 Å². The number of likely N-dealkylation sites (N-methyl/N-ethyl adjacent to an activating group) is 1. The molecular formula is C38H45N3O9S. The number of nitrogens with zero attached hydrogens (tertiary/aromatic N) is 1. The Balaban J connectivity index is 2.18. The number of benzene rings is 3. The zero-order valence-corrected chi connectivity index (χ0v) is 30.1. The zero-order chi connectivity index (χ0) is 37.4. The van der Waals surface area contributed by atoms with Gasteiger partial charge in [0.2, 0.25) is 5.91 Å². The fourth-order valence-electron chi connectivity index (χ4n) is 5.41. The molecule has 51 heavy (non-hydrogen) atoms. The second kappa shape index (κ2) is 19.9. The Kier molecular flexibility index (Phi) is 15.7. The van der Waals surface area contributed by atoms with Gasteiger partial charge in [0.25, 0.3) is 5.91 Å². The summed E-state index contributed by atoms with van der Waals surface area (Å²) in [5.41, 5.74) is -0.914. The van der Waals surface area contributed by atoms with Gasteiger partial charge in [-0.3, -0.25) is 19.2 Å². The van der Waals surface area contributed by atoms with Crippen LogP contribution in [0.3, 0.4) is 0 Å². The molecule has 0 radical (unpaired) electrons. The van der Waals surface area contributed by atoms with Crippen molar-refractivity contribution in [3.63, 3.8) is 0 Å². The molecule has 12 nitrogen and oxygen atoms in total. The summed E-state index contributed by atoms with van der Waals surface area (Å²) >= 11 is 4.42. The summed E-state index contributed by atoms with van der Waals surface area (Å²) in [4.78, 5) is 83.9. The maximum atomic E-state index is 15.1. The molecule has 3 atom stereocenters. The summed E-state index contributed by atoms with van der Waals surface area (Å²) in [6.07, 6.45) is -3.15. The molecule has 0 aliphatic rings. The zero-order valence-electron chi connectivity index (χ0n) is 29.2. The average Bonchev–Trinajstić information content (AvgIpc) is 3.14. The Morgan fingerprint density at radius 2 is 1.29 bits per heavy atom. The van der Waals surface area contributed by atoms with Crippen molar-refractivity contribution in [1.82, 2.24) is 15.5 Å². The lowest BCUT2D eigenvalue weighted by Crippen LogP contribution is -2.72. The van der Waals surface area contributed by atoms with Crippen molar-refractivity contribution < 1.29 is 43.0 Å². The second-order valence-electron chi connectivity index (χ2n) is 12.2. The summed E-state index contributed by atoms with van der Waals surface area (Å²) < 4.78 is 15.8. The van der Waals surface area contributed by atoms with E-state index in [1.54, 1.807) is 84.9 Å². The quantitative estimate of drug-likeness (QED) is 0.0753. The van der Waals surface area contributed by atoms with Crippen LogP contribution in [0.4, 0.5) is 9.59 Å². The van der Waals surface area contributed by atoms with Crippen molar-refractivity contribution in [2.45, 2.75) is 69.6 Å². The second-order valence-corrected chi connectivity index (χ2v) is 12.8. The maximum absolute atomic E-state index is 15.1. The Labute approximate surface area is 303 Å². The molecule has 4 amide bonds. The third-order valence-corrected chi connectivity index (χ3v) is 8.45. The number of hydrogen-bond acceptors (Lipinski definition) is 10. The molecule has 0 spiro atoms. The molecule has 3 aromatic carbocycles. The SMILES string of the molecule is CNC(=O)[C@@](Cc1ccccc1)(C(=O)[C@H](CC(C)C)NC(=O)OCc1ccccc1)N(C(=O)OCc1ccccc1)C(=O)C(S)CCC(=O)OC. The molecule has 2 N–H and O–H groups in total.